The van der Waals surface area contributed by atoms with E-state index < -0.39 is 0 Å². The number of H-pyrrole nitrogens is 1. The molecule has 1 aromatic heterocycles. The Morgan fingerprint density at radius 3 is 2.68 bits per heavy atom. The van der Waals surface area contributed by atoms with Crippen LogP contribution in [0.25, 0.3) is 10.9 Å². The number of fused-ring (bicyclic) bond motifs is 1. The number of carbonyl (C=O) groups excluding carboxylic acids is 1. The first-order valence-electron chi connectivity index (χ1n) is 6.71. The van der Waals surface area contributed by atoms with Crippen LogP contribution in [-0.4, -0.2) is 10.9 Å². The number of benzene rings is 2. The van der Waals surface area contributed by atoms with Crippen LogP contribution in [0.15, 0.2) is 48.5 Å². The number of hydrogen-bond donors (Lipinski definition) is 2. The molecule has 0 aliphatic rings. The number of nitrogens with one attached hydrogen (secondary N) is 2. The molecular formula is C17H12FN3O. The summed E-state index contributed by atoms with van der Waals surface area (Å²) in [7, 11) is 0. The van der Waals surface area contributed by atoms with Crippen LogP contribution in [-0.2, 0) is 6.54 Å². The Labute approximate surface area is 126 Å². The van der Waals surface area contributed by atoms with Gasteiger partial charge >= 0.3 is 0 Å². The summed E-state index contributed by atoms with van der Waals surface area (Å²) in [6, 6.07) is 15.0. The highest BCUT2D eigenvalue weighted by Gasteiger charge is 2.09. The first-order valence-corrected chi connectivity index (χ1v) is 6.71. The minimum absolute atomic E-state index is 0.263. The maximum Gasteiger partial charge on any atom is 0.267 e. The average Bonchev–Trinajstić information content (AvgIpc) is 2.96. The SMILES string of the molecule is N#Cc1ccc(CNC(=O)c2cc3cc(F)ccc3[nH]2)cc1. The van der Waals surface area contributed by atoms with Gasteiger partial charge in [-0.25, -0.2) is 4.39 Å². The molecule has 108 valence electrons. The van der Waals surface area contributed by atoms with E-state index in [2.05, 4.69) is 10.3 Å². The van der Waals surface area contributed by atoms with Crippen LogP contribution in [0, 0.1) is 17.1 Å². The summed E-state index contributed by atoms with van der Waals surface area (Å²) in [5.74, 6) is -0.600. The highest BCUT2D eigenvalue weighted by Crippen LogP contribution is 2.16. The van der Waals surface area contributed by atoms with Gasteiger partial charge in [-0.2, -0.15) is 5.26 Å². The molecule has 0 aliphatic carbocycles. The summed E-state index contributed by atoms with van der Waals surface area (Å²) in [4.78, 5) is 15.1. The lowest BCUT2D eigenvalue weighted by molar-refractivity contribution is 0.0947. The monoisotopic (exact) mass is 293 g/mol. The second-order valence-electron chi connectivity index (χ2n) is 4.91. The molecule has 0 atom stereocenters. The fourth-order valence-corrected chi connectivity index (χ4v) is 2.20. The number of halogens is 1. The number of nitrogens with zero attached hydrogens (tertiary/aromatic N) is 1. The highest BCUT2D eigenvalue weighted by molar-refractivity contribution is 5.97. The van der Waals surface area contributed by atoms with Gasteiger partial charge in [0, 0.05) is 17.4 Å². The van der Waals surface area contributed by atoms with Crippen molar-refractivity contribution in [3.05, 3.63) is 71.2 Å². The molecule has 3 rings (SSSR count). The molecule has 3 aromatic rings. The molecule has 22 heavy (non-hydrogen) atoms. The first kappa shape index (κ1) is 13.8. The van der Waals surface area contributed by atoms with Gasteiger partial charge in [0.15, 0.2) is 0 Å². The molecule has 2 N–H and O–H groups in total. The van der Waals surface area contributed by atoms with Crippen LogP contribution >= 0.6 is 0 Å². The topological polar surface area (TPSA) is 68.7 Å². The molecule has 1 amide bonds. The summed E-state index contributed by atoms with van der Waals surface area (Å²) >= 11 is 0. The number of amides is 1. The quantitative estimate of drug-likeness (QED) is 0.779. The predicted molar refractivity (Wildman–Crippen MR) is 80.6 cm³/mol. The maximum atomic E-state index is 13.1. The number of carbonyl (C=O) groups is 1. The number of aromatic amines is 1. The van der Waals surface area contributed by atoms with E-state index in [4.69, 9.17) is 5.26 Å². The smallest absolute Gasteiger partial charge is 0.267 e. The normalized spacial score (nSPS) is 10.4. The van der Waals surface area contributed by atoms with Crippen molar-refractivity contribution >= 4 is 16.8 Å². The molecule has 1 heterocycles. The molecule has 0 saturated heterocycles. The Bertz CT molecular complexity index is 875. The second-order valence-corrected chi connectivity index (χ2v) is 4.91. The van der Waals surface area contributed by atoms with Crippen molar-refractivity contribution in [2.75, 3.05) is 0 Å². The van der Waals surface area contributed by atoms with Gasteiger partial charge in [0.25, 0.3) is 5.91 Å². The molecule has 0 spiro atoms. The van der Waals surface area contributed by atoms with Crippen molar-refractivity contribution in [2.24, 2.45) is 0 Å². The predicted octanol–water partition coefficient (Wildman–Crippen LogP) is 3.11. The lowest BCUT2D eigenvalue weighted by Crippen LogP contribution is -2.23. The third kappa shape index (κ3) is 2.81. The molecule has 0 bridgehead atoms. The Kier molecular flexibility index (Phi) is 3.58. The lowest BCUT2D eigenvalue weighted by Gasteiger charge is -2.03. The van der Waals surface area contributed by atoms with E-state index in [-0.39, 0.29) is 11.7 Å². The maximum absolute atomic E-state index is 13.1. The fourth-order valence-electron chi connectivity index (χ4n) is 2.20. The summed E-state index contributed by atoms with van der Waals surface area (Å²) in [5.41, 5.74) is 2.57. The molecule has 5 heteroatoms. The molecule has 4 nitrogen and oxygen atoms in total. The zero-order chi connectivity index (χ0) is 15.5. The molecular weight excluding hydrogens is 281 g/mol. The van der Waals surface area contributed by atoms with Crippen LogP contribution in [0.4, 0.5) is 4.39 Å². The van der Waals surface area contributed by atoms with Gasteiger partial charge in [-0.1, -0.05) is 12.1 Å². The lowest BCUT2D eigenvalue weighted by atomic mass is 10.1. The van der Waals surface area contributed by atoms with E-state index in [0.717, 1.165) is 5.56 Å². The Morgan fingerprint density at radius 2 is 1.95 bits per heavy atom. The van der Waals surface area contributed by atoms with E-state index >= 15 is 0 Å². The van der Waals surface area contributed by atoms with Crippen molar-refractivity contribution in [3.8, 4) is 6.07 Å². The van der Waals surface area contributed by atoms with Crippen LogP contribution in [0.1, 0.15) is 21.6 Å². The second kappa shape index (κ2) is 5.70. The van der Waals surface area contributed by atoms with Crippen LogP contribution in [0.5, 0.6) is 0 Å². The van der Waals surface area contributed by atoms with Gasteiger partial charge in [0.1, 0.15) is 11.5 Å². The number of hydrogen-bond acceptors (Lipinski definition) is 2. The van der Waals surface area contributed by atoms with E-state index in [0.29, 0.717) is 28.7 Å². The Morgan fingerprint density at radius 1 is 1.18 bits per heavy atom. The largest absolute Gasteiger partial charge is 0.351 e. The highest BCUT2D eigenvalue weighted by atomic mass is 19.1. The average molecular weight is 293 g/mol. The van der Waals surface area contributed by atoms with Gasteiger partial charge in [-0.15, -0.1) is 0 Å². The Balaban J connectivity index is 1.71. The van der Waals surface area contributed by atoms with Crippen molar-refractivity contribution in [1.82, 2.24) is 10.3 Å². The number of aromatic nitrogens is 1. The molecule has 0 unspecified atom stereocenters. The van der Waals surface area contributed by atoms with Crippen LogP contribution in [0.3, 0.4) is 0 Å². The standard InChI is InChI=1S/C17H12FN3O/c18-14-5-6-15-13(7-14)8-16(21-15)17(22)20-10-12-3-1-11(9-19)2-4-12/h1-8,21H,10H2,(H,20,22). The Hall–Kier alpha value is -3.13. The minimum atomic E-state index is -0.337. The van der Waals surface area contributed by atoms with E-state index in [1.807, 2.05) is 6.07 Å². The number of nitriles is 1. The third-order valence-corrected chi connectivity index (χ3v) is 3.36. The molecule has 2 aromatic carbocycles. The summed E-state index contributed by atoms with van der Waals surface area (Å²) in [5, 5.41) is 12.2. The van der Waals surface area contributed by atoms with Crippen LogP contribution < -0.4 is 5.32 Å². The number of rotatable bonds is 3. The van der Waals surface area contributed by atoms with Gasteiger partial charge in [0.05, 0.1) is 11.6 Å². The minimum Gasteiger partial charge on any atom is -0.351 e. The van der Waals surface area contributed by atoms with Crippen molar-refractivity contribution in [1.29, 1.82) is 5.26 Å². The molecule has 0 radical (unpaired) electrons. The zero-order valence-corrected chi connectivity index (χ0v) is 11.6. The van der Waals surface area contributed by atoms with E-state index in [1.165, 1.54) is 12.1 Å². The summed E-state index contributed by atoms with van der Waals surface area (Å²) in [6.07, 6.45) is 0. The van der Waals surface area contributed by atoms with Gasteiger partial charge in [-0.3, -0.25) is 4.79 Å². The molecule has 0 fully saturated rings. The van der Waals surface area contributed by atoms with Crippen molar-refractivity contribution in [2.45, 2.75) is 6.54 Å². The first-order chi connectivity index (χ1) is 10.7. The summed E-state index contributed by atoms with van der Waals surface area (Å²) in [6.45, 7) is 0.355. The van der Waals surface area contributed by atoms with Crippen molar-refractivity contribution < 1.29 is 9.18 Å². The van der Waals surface area contributed by atoms with E-state index in [9.17, 15) is 9.18 Å². The summed E-state index contributed by atoms with van der Waals surface area (Å²) < 4.78 is 13.1. The molecule has 0 aliphatic heterocycles. The zero-order valence-electron chi connectivity index (χ0n) is 11.6. The van der Waals surface area contributed by atoms with Crippen LogP contribution in [0.2, 0.25) is 0 Å². The fraction of sp³-hybridized carbons (Fsp3) is 0.0588. The van der Waals surface area contributed by atoms with Crippen molar-refractivity contribution in [3.63, 3.8) is 0 Å². The third-order valence-electron chi connectivity index (χ3n) is 3.36. The van der Waals surface area contributed by atoms with Gasteiger partial charge < -0.3 is 10.3 Å². The van der Waals surface area contributed by atoms with Gasteiger partial charge in [-0.05, 0) is 42.0 Å². The van der Waals surface area contributed by atoms with Gasteiger partial charge in [0.2, 0.25) is 0 Å². The van der Waals surface area contributed by atoms with E-state index in [1.54, 1.807) is 36.4 Å². The molecule has 0 saturated carbocycles.